The highest BCUT2D eigenvalue weighted by Gasteiger charge is 2.28. The van der Waals surface area contributed by atoms with E-state index in [1.807, 2.05) is 6.07 Å². The summed E-state index contributed by atoms with van der Waals surface area (Å²) in [6.45, 7) is 1.93. The van der Waals surface area contributed by atoms with Gasteiger partial charge in [-0.3, -0.25) is 9.69 Å². The van der Waals surface area contributed by atoms with Gasteiger partial charge < -0.3 is 4.74 Å². The molecule has 0 spiro atoms. The lowest BCUT2D eigenvalue weighted by molar-refractivity contribution is -0.144. The maximum atomic E-state index is 13.3. The third kappa shape index (κ3) is 3.30. The van der Waals surface area contributed by atoms with Crippen LogP contribution in [0, 0.1) is 23.1 Å². The van der Waals surface area contributed by atoms with Crippen LogP contribution >= 0.6 is 0 Å². The van der Waals surface area contributed by atoms with Crippen LogP contribution in [-0.4, -0.2) is 31.1 Å². The zero-order chi connectivity index (χ0) is 13.8. The maximum Gasteiger partial charge on any atom is 0.310 e. The van der Waals surface area contributed by atoms with Gasteiger partial charge in [-0.15, -0.1) is 0 Å². The summed E-state index contributed by atoms with van der Waals surface area (Å²) < 4.78 is 18.0. The highest BCUT2D eigenvalue weighted by Crippen LogP contribution is 2.20. The molecule has 0 aliphatic carbocycles. The molecule has 0 N–H and O–H groups in total. The molecule has 19 heavy (non-hydrogen) atoms. The van der Waals surface area contributed by atoms with Crippen LogP contribution in [-0.2, 0) is 16.1 Å². The Balaban J connectivity index is 2.01. The molecule has 1 atom stereocenters. The van der Waals surface area contributed by atoms with Crippen molar-refractivity contribution in [1.82, 2.24) is 4.90 Å². The first-order valence-electron chi connectivity index (χ1n) is 6.12. The Morgan fingerprint density at radius 1 is 1.58 bits per heavy atom. The highest BCUT2D eigenvalue weighted by molar-refractivity contribution is 5.72. The SMILES string of the molecule is COC(=O)C1CCN(Cc2cc(F)cc(C#N)c2)C1. The van der Waals surface area contributed by atoms with Gasteiger partial charge in [-0.05, 0) is 36.7 Å². The number of carbonyl (C=O) groups is 1. The van der Waals surface area contributed by atoms with Crippen LogP contribution in [0.25, 0.3) is 0 Å². The minimum Gasteiger partial charge on any atom is -0.469 e. The Hall–Kier alpha value is -1.93. The molecule has 1 aliphatic rings. The van der Waals surface area contributed by atoms with E-state index in [2.05, 4.69) is 4.90 Å². The van der Waals surface area contributed by atoms with Crippen LogP contribution in [0.4, 0.5) is 4.39 Å². The standard InChI is InChI=1S/C14H15FN2O2/c1-19-14(18)12-2-3-17(9-12)8-11-4-10(7-16)5-13(15)6-11/h4-6,12H,2-3,8-9H2,1H3. The number of hydrogen-bond acceptors (Lipinski definition) is 4. The van der Waals surface area contributed by atoms with E-state index in [4.69, 9.17) is 10.00 Å². The number of ether oxygens (including phenoxy) is 1. The van der Waals surface area contributed by atoms with Crippen molar-refractivity contribution in [3.8, 4) is 6.07 Å². The first-order valence-corrected chi connectivity index (χ1v) is 6.12. The van der Waals surface area contributed by atoms with E-state index >= 15 is 0 Å². The van der Waals surface area contributed by atoms with Crippen LogP contribution in [0.5, 0.6) is 0 Å². The molecule has 1 saturated heterocycles. The second-order valence-electron chi connectivity index (χ2n) is 4.70. The third-order valence-corrected chi connectivity index (χ3v) is 3.30. The fourth-order valence-corrected chi connectivity index (χ4v) is 2.40. The molecule has 0 radical (unpaired) electrons. The van der Waals surface area contributed by atoms with E-state index in [0.717, 1.165) is 18.5 Å². The summed E-state index contributed by atoms with van der Waals surface area (Å²) in [6, 6.07) is 6.25. The first kappa shape index (κ1) is 13.5. The van der Waals surface area contributed by atoms with Crippen molar-refractivity contribution in [3.63, 3.8) is 0 Å². The summed E-state index contributed by atoms with van der Waals surface area (Å²) in [5.74, 6) is -0.703. The molecule has 100 valence electrons. The molecule has 0 aromatic heterocycles. The largest absolute Gasteiger partial charge is 0.469 e. The topological polar surface area (TPSA) is 53.3 Å². The molecule has 4 nitrogen and oxygen atoms in total. The molecule has 1 aromatic carbocycles. The van der Waals surface area contributed by atoms with Gasteiger partial charge >= 0.3 is 5.97 Å². The summed E-state index contributed by atoms with van der Waals surface area (Å²) in [5.41, 5.74) is 1.07. The van der Waals surface area contributed by atoms with Gasteiger partial charge in [0.25, 0.3) is 0 Å². The summed E-state index contributed by atoms with van der Waals surface area (Å²) in [6.07, 6.45) is 0.757. The van der Waals surface area contributed by atoms with Crippen LogP contribution in [0.2, 0.25) is 0 Å². The Labute approximate surface area is 111 Å². The summed E-state index contributed by atoms with van der Waals surface area (Å²) in [7, 11) is 1.39. The molecule has 1 aromatic rings. The second kappa shape index (κ2) is 5.81. The van der Waals surface area contributed by atoms with Gasteiger partial charge in [0, 0.05) is 13.1 Å². The Morgan fingerprint density at radius 3 is 3.05 bits per heavy atom. The van der Waals surface area contributed by atoms with E-state index in [1.54, 1.807) is 6.07 Å². The van der Waals surface area contributed by atoms with Crippen LogP contribution in [0.1, 0.15) is 17.5 Å². The molecule has 1 aliphatic heterocycles. The zero-order valence-corrected chi connectivity index (χ0v) is 10.7. The number of hydrogen-bond donors (Lipinski definition) is 0. The van der Waals surface area contributed by atoms with Crippen LogP contribution in [0.3, 0.4) is 0 Å². The Kier molecular flexibility index (Phi) is 4.13. The average Bonchev–Trinajstić information content (AvgIpc) is 2.85. The quantitative estimate of drug-likeness (QED) is 0.778. The summed E-state index contributed by atoms with van der Waals surface area (Å²) in [5, 5.41) is 8.80. The number of likely N-dealkylation sites (tertiary alicyclic amines) is 1. The molecule has 0 bridgehead atoms. The predicted molar refractivity (Wildman–Crippen MR) is 66.5 cm³/mol. The smallest absolute Gasteiger partial charge is 0.310 e. The van der Waals surface area contributed by atoms with Gasteiger partial charge in [0.1, 0.15) is 5.82 Å². The monoisotopic (exact) mass is 262 g/mol. The molecule has 2 rings (SSSR count). The number of carbonyl (C=O) groups excluding carboxylic acids is 1. The number of benzene rings is 1. The summed E-state index contributed by atoms with van der Waals surface area (Å²) >= 11 is 0. The van der Waals surface area contributed by atoms with Crippen molar-refractivity contribution in [3.05, 3.63) is 35.1 Å². The van der Waals surface area contributed by atoms with Crippen LogP contribution < -0.4 is 0 Å². The van der Waals surface area contributed by atoms with Gasteiger partial charge in [0.15, 0.2) is 0 Å². The predicted octanol–water partition coefficient (Wildman–Crippen LogP) is 1.69. The van der Waals surface area contributed by atoms with Crippen molar-refractivity contribution < 1.29 is 13.9 Å². The Morgan fingerprint density at radius 2 is 2.37 bits per heavy atom. The zero-order valence-electron chi connectivity index (χ0n) is 10.7. The number of nitriles is 1. The number of esters is 1. The summed E-state index contributed by atoms with van der Waals surface area (Å²) in [4.78, 5) is 13.5. The van der Waals surface area contributed by atoms with Gasteiger partial charge in [-0.25, -0.2) is 4.39 Å². The van der Waals surface area contributed by atoms with Crippen LogP contribution in [0.15, 0.2) is 18.2 Å². The van der Waals surface area contributed by atoms with E-state index in [9.17, 15) is 9.18 Å². The number of nitrogens with zero attached hydrogens (tertiary/aromatic N) is 2. The lowest BCUT2D eigenvalue weighted by Crippen LogP contribution is -2.23. The average molecular weight is 262 g/mol. The van der Waals surface area contributed by atoms with E-state index in [1.165, 1.54) is 19.2 Å². The van der Waals surface area contributed by atoms with Crippen molar-refractivity contribution in [2.24, 2.45) is 5.92 Å². The molecule has 0 amide bonds. The molecule has 1 heterocycles. The molecule has 1 unspecified atom stereocenters. The number of methoxy groups -OCH3 is 1. The van der Waals surface area contributed by atoms with E-state index < -0.39 is 5.82 Å². The third-order valence-electron chi connectivity index (χ3n) is 3.30. The number of halogens is 1. The maximum absolute atomic E-state index is 13.3. The molecular weight excluding hydrogens is 247 g/mol. The van der Waals surface area contributed by atoms with E-state index in [0.29, 0.717) is 18.7 Å². The van der Waals surface area contributed by atoms with Gasteiger partial charge in [-0.2, -0.15) is 5.26 Å². The van der Waals surface area contributed by atoms with Crippen molar-refractivity contribution in [1.29, 1.82) is 5.26 Å². The molecular formula is C14H15FN2O2. The second-order valence-corrected chi connectivity index (χ2v) is 4.70. The number of rotatable bonds is 3. The fraction of sp³-hybridized carbons (Fsp3) is 0.429. The highest BCUT2D eigenvalue weighted by atomic mass is 19.1. The van der Waals surface area contributed by atoms with Crippen molar-refractivity contribution in [2.75, 3.05) is 20.2 Å². The van der Waals surface area contributed by atoms with Gasteiger partial charge in [0.05, 0.1) is 24.7 Å². The lowest BCUT2D eigenvalue weighted by Gasteiger charge is -2.15. The Bertz CT molecular complexity index is 525. The minimum atomic E-state index is -0.405. The van der Waals surface area contributed by atoms with Gasteiger partial charge in [0.2, 0.25) is 0 Å². The normalized spacial score (nSPS) is 19.1. The molecule has 1 fully saturated rings. The molecule has 5 heteroatoms. The molecule has 0 saturated carbocycles. The van der Waals surface area contributed by atoms with Crippen molar-refractivity contribution in [2.45, 2.75) is 13.0 Å². The van der Waals surface area contributed by atoms with Crippen molar-refractivity contribution >= 4 is 5.97 Å². The van der Waals surface area contributed by atoms with Gasteiger partial charge in [-0.1, -0.05) is 0 Å². The minimum absolute atomic E-state index is 0.103. The first-order chi connectivity index (χ1) is 9.12. The van der Waals surface area contributed by atoms with E-state index in [-0.39, 0.29) is 11.9 Å². The fourth-order valence-electron chi connectivity index (χ4n) is 2.40. The lowest BCUT2D eigenvalue weighted by atomic mass is 10.1.